The molecule has 0 radical (unpaired) electrons. The Morgan fingerprint density at radius 2 is 2.54 bits per heavy atom. The van der Waals surface area contributed by atoms with Gasteiger partial charge in [-0.1, -0.05) is 5.21 Å². The molecule has 1 amide bonds. The first-order valence-electron chi connectivity index (χ1n) is 3.97. The van der Waals surface area contributed by atoms with Gasteiger partial charge in [0.1, 0.15) is 6.54 Å². The largest absolute Gasteiger partial charge is 0.392 e. The lowest BCUT2D eigenvalue weighted by Gasteiger charge is -2.06. The van der Waals surface area contributed by atoms with Crippen LogP contribution in [0.15, 0.2) is 12.4 Å². The topological polar surface area (TPSA) is 80.0 Å². The van der Waals surface area contributed by atoms with E-state index in [1.807, 2.05) is 0 Å². The zero-order chi connectivity index (χ0) is 9.68. The second-order valence-corrected chi connectivity index (χ2v) is 2.75. The van der Waals surface area contributed by atoms with Crippen LogP contribution in [-0.4, -0.2) is 38.7 Å². The van der Waals surface area contributed by atoms with Crippen molar-refractivity contribution < 1.29 is 9.90 Å². The van der Waals surface area contributed by atoms with E-state index in [0.29, 0.717) is 0 Å². The Kier molecular flexibility index (Phi) is 3.39. The summed E-state index contributed by atoms with van der Waals surface area (Å²) in [6.45, 7) is 2.00. The van der Waals surface area contributed by atoms with Gasteiger partial charge in [-0.3, -0.25) is 4.79 Å². The normalized spacial score (nSPS) is 12.5. The fourth-order valence-electron chi connectivity index (χ4n) is 0.782. The number of aliphatic hydroxyl groups is 1. The van der Waals surface area contributed by atoms with Gasteiger partial charge in [-0.05, 0) is 6.92 Å². The number of aliphatic hydroxyl groups excluding tert-OH is 1. The molecule has 0 aliphatic rings. The number of rotatable bonds is 4. The van der Waals surface area contributed by atoms with Crippen LogP contribution in [0.2, 0.25) is 0 Å². The summed E-state index contributed by atoms with van der Waals surface area (Å²) in [5.74, 6) is -0.189. The number of hydrogen-bond donors (Lipinski definition) is 2. The third-order valence-electron chi connectivity index (χ3n) is 1.37. The first kappa shape index (κ1) is 9.66. The van der Waals surface area contributed by atoms with Gasteiger partial charge in [0.15, 0.2) is 0 Å². The molecule has 6 heteroatoms. The summed E-state index contributed by atoms with van der Waals surface area (Å²) in [6, 6.07) is 0. The van der Waals surface area contributed by atoms with E-state index >= 15 is 0 Å². The Morgan fingerprint density at radius 3 is 3.08 bits per heavy atom. The summed E-state index contributed by atoms with van der Waals surface area (Å²) in [5.41, 5.74) is 0. The molecule has 1 unspecified atom stereocenters. The number of nitrogens with one attached hydrogen (secondary N) is 1. The Hall–Kier alpha value is -1.43. The summed E-state index contributed by atoms with van der Waals surface area (Å²) in [6.07, 6.45) is 2.57. The van der Waals surface area contributed by atoms with E-state index in [1.54, 1.807) is 13.1 Å². The number of amides is 1. The molecule has 13 heavy (non-hydrogen) atoms. The van der Waals surface area contributed by atoms with Crippen LogP contribution in [0.1, 0.15) is 6.92 Å². The van der Waals surface area contributed by atoms with Crippen LogP contribution in [0, 0.1) is 0 Å². The maximum Gasteiger partial charge on any atom is 0.241 e. The van der Waals surface area contributed by atoms with Crippen molar-refractivity contribution in [1.29, 1.82) is 0 Å². The molecule has 0 bridgehead atoms. The minimum Gasteiger partial charge on any atom is -0.392 e. The fraction of sp³-hybridized carbons (Fsp3) is 0.571. The molecule has 0 aliphatic heterocycles. The highest BCUT2D eigenvalue weighted by molar-refractivity contribution is 5.75. The summed E-state index contributed by atoms with van der Waals surface area (Å²) >= 11 is 0. The Labute approximate surface area is 75.6 Å². The zero-order valence-electron chi connectivity index (χ0n) is 7.34. The average molecular weight is 184 g/mol. The molecule has 72 valence electrons. The summed E-state index contributed by atoms with van der Waals surface area (Å²) < 4.78 is 1.41. The molecule has 0 saturated heterocycles. The van der Waals surface area contributed by atoms with E-state index in [9.17, 15) is 4.79 Å². The molecular weight excluding hydrogens is 172 g/mol. The number of carbonyl (C=O) groups is 1. The fourth-order valence-corrected chi connectivity index (χ4v) is 0.782. The predicted octanol–water partition coefficient (Wildman–Crippen LogP) is -1.22. The third-order valence-corrected chi connectivity index (χ3v) is 1.37. The van der Waals surface area contributed by atoms with Gasteiger partial charge in [-0.25, -0.2) is 4.68 Å². The molecule has 1 atom stereocenters. The number of aromatic nitrogens is 3. The molecule has 0 aliphatic carbocycles. The van der Waals surface area contributed by atoms with E-state index in [0.717, 1.165) is 0 Å². The van der Waals surface area contributed by atoms with E-state index < -0.39 is 6.10 Å². The summed E-state index contributed by atoms with van der Waals surface area (Å²) in [7, 11) is 0. The van der Waals surface area contributed by atoms with Crippen molar-refractivity contribution in [3.05, 3.63) is 12.4 Å². The van der Waals surface area contributed by atoms with E-state index in [4.69, 9.17) is 5.11 Å². The minimum absolute atomic E-state index is 0.132. The van der Waals surface area contributed by atoms with Crippen LogP contribution in [0.4, 0.5) is 0 Å². The molecule has 1 rings (SSSR count). The van der Waals surface area contributed by atoms with Crippen LogP contribution >= 0.6 is 0 Å². The monoisotopic (exact) mass is 184 g/mol. The lowest BCUT2D eigenvalue weighted by Crippen LogP contribution is -2.33. The highest BCUT2D eigenvalue weighted by atomic mass is 16.3. The molecule has 2 N–H and O–H groups in total. The molecule has 1 aromatic rings. The van der Waals surface area contributed by atoms with Crippen LogP contribution in [0.25, 0.3) is 0 Å². The Morgan fingerprint density at radius 1 is 1.77 bits per heavy atom. The Balaban J connectivity index is 2.26. The lowest BCUT2D eigenvalue weighted by molar-refractivity contribution is -0.122. The summed E-state index contributed by atoms with van der Waals surface area (Å²) in [5, 5.41) is 18.6. The number of nitrogens with zero attached hydrogens (tertiary/aromatic N) is 3. The second-order valence-electron chi connectivity index (χ2n) is 2.75. The first-order chi connectivity index (χ1) is 6.18. The molecule has 1 aromatic heterocycles. The van der Waals surface area contributed by atoms with Crippen molar-refractivity contribution in [2.45, 2.75) is 19.6 Å². The van der Waals surface area contributed by atoms with Gasteiger partial charge in [0.05, 0.1) is 12.3 Å². The van der Waals surface area contributed by atoms with E-state index in [-0.39, 0.29) is 19.0 Å². The molecule has 1 heterocycles. The highest BCUT2D eigenvalue weighted by Gasteiger charge is 2.03. The van der Waals surface area contributed by atoms with Crippen LogP contribution in [-0.2, 0) is 11.3 Å². The van der Waals surface area contributed by atoms with Gasteiger partial charge in [0.25, 0.3) is 0 Å². The summed E-state index contributed by atoms with van der Waals surface area (Å²) in [4.78, 5) is 11.1. The van der Waals surface area contributed by atoms with Crippen molar-refractivity contribution >= 4 is 5.91 Å². The Bertz CT molecular complexity index is 257. The van der Waals surface area contributed by atoms with Crippen molar-refractivity contribution in [3.63, 3.8) is 0 Å². The van der Waals surface area contributed by atoms with Gasteiger partial charge in [-0.15, -0.1) is 5.10 Å². The van der Waals surface area contributed by atoms with Gasteiger partial charge in [0, 0.05) is 12.7 Å². The van der Waals surface area contributed by atoms with Gasteiger partial charge >= 0.3 is 0 Å². The van der Waals surface area contributed by atoms with Crippen molar-refractivity contribution in [3.8, 4) is 0 Å². The predicted molar refractivity (Wildman–Crippen MR) is 44.7 cm³/mol. The van der Waals surface area contributed by atoms with Crippen molar-refractivity contribution in [2.75, 3.05) is 6.54 Å². The lowest BCUT2D eigenvalue weighted by atomic mass is 10.4. The maximum absolute atomic E-state index is 11.1. The smallest absolute Gasteiger partial charge is 0.241 e. The highest BCUT2D eigenvalue weighted by Crippen LogP contribution is 1.81. The van der Waals surface area contributed by atoms with Crippen molar-refractivity contribution in [2.24, 2.45) is 0 Å². The van der Waals surface area contributed by atoms with Gasteiger partial charge in [-0.2, -0.15) is 0 Å². The standard InChI is InChI=1S/C7H12N4O2/c1-6(12)4-8-7(13)5-11-3-2-9-10-11/h2-3,6,12H,4-5H2,1H3,(H,8,13). The van der Waals surface area contributed by atoms with Gasteiger partial charge in [0.2, 0.25) is 5.91 Å². The molecule has 0 fully saturated rings. The molecule has 6 nitrogen and oxygen atoms in total. The van der Waals surface area contributed by atoms with E-state index in [2.05, 4.69) is 15.6 Å². The van der Waals surface area contributed by atoms with E-state index in [1.165, 1.54) is 10.9 Å². The second kappa shape index (κ2) is 4.56. The quantitative estimate of drug-likeness (QED) is 0.614. The van der Waals surface area contributed by atoms with Crippen molar-refractivity contribution in [1.82, 2.24) is 20.3 Å². The van der Waals surface area contributed by atoms with Crippen LogP contribution in [0.3, 0.4) is 0 Å². The molecule has 0 spiro atoms. The molecular formula is C7H12N4O2. The minimum atomic E-state index is -0.528. The van der Waals surface area contributed by atoms with Crippen LogP contribution in [0.5, 0.6) is 0 Å². The maximum atomic E-state index is 11.1. The first-order valence-corrected chi connectivity index (χ1v) is 3.97. The van der Waals surface area contributed by atoms with Crippen LogP contribution < -0.4 is 5.32 Å². The molecule has 0 saturated carbocycles. The molecule has 0 aromatic carbocycles. The van der Waals surface area contributed by atoms with Gasteiger partial charge < -0.3 is 10.4 Å². The third kappa shape index (κ3) is 3.66. The SMILES string of the molecule is CC(O)CNC(=O)Cn1ccnn1. The average Bonchev–Trinajstić information content (AvgIpc) is 2.53. The zero-order valence-corrected chi connectivity index (χ0v) is 7.34. The number of hydrogen-bond acceptors (Lipinski definition) is 4. The number of carbonyl (C=O) groups excluding carboxylic acids is 1.